The van der Waals surface area contributed by atoms with Crippen molar-refractivity contribution < 1.29 is 4.79 Å². The Labute approximate surface area is 110 Å². The number of hydrogen-bond donors (Lipinski definition) is 0. The maximum Gasteiger partial charge on any atom is 0.161 e. The van der Waals surface area contributed by atoms with Crippen LogP contribution < -0.4 is 0 Å². The van der Waals surface area contributed by atoms with Crippen molar-refractivity contribution >= 4 is 29.3 Å². The van der Waals surface area contributed by atoms with Gasteiger partial charge in [0.25, 0.3) is 0 Å². The van der Waals surface area contributed by atoms with Gasteiger partial charge >= 0.3 is 0 Å². The molecule has 1 saturated heterocycles. The highest BCUT2D eigenvalue weighted by Crippen LogP contribution is 2.49. The van der Waals surface area contributed by atoms with Crippen LogP contribution in [0.2, 0.25) is 0 Å². The number of rotatable bonds is 3. The van der Waals surface area contributed by atoms with Crippen molar-refractivity contribution in [1.29, 1.82) is 0 Å². The molecule has 0 bridgehead atoms. The second kappa shape index (κ2) is 4.91. The third-order valence-corrected chi connectivity index (χ3v) is 5.80. The first kappa shape index (κ1) is 11.4. The lowest BCUT2D eigenvalue weighted by molar-refractivity contribution is -0.115. The third kappa shape index (κ3) is 2.61. The van der Waals surface area contributed by atoms with Crippen molar-refractivity contribution in [3.63, 3.8) is 0 Å². The average molecular weight is 262 g/mol. The predicted octanol–water partition coefficient (Wildman–Crippen LogP) is 3.68. The molecule has 1 aliphatic heterocycles. The molecule has 1 heterocycles. The second-order valence-electron chi connectivity index (χ2n) is 4.42. The molecule has 0 aromatic heterocycles. The number of carbonyl (C=O) groups excluding carboxylic acids is 1. The van der Waals surface area contributed by atoms with Crippen LogP contribution in [0.15, 0.2) is 40.6 Å². The van der Waals surface area contributed by atoms with Crippen LogP contribution in [-0.2, 0) is 4.79 Å². The summed E-state index contributed by atoms with van der Waals surface area (Å²) in [6.07, 6.45) is 2.90. The van der Waals surface area contributed by atoms with E-state index in [9.17, 15) is 4.79 Å². The summed E-state index contributed by atoms with van der Waals surface area (Å²) in [6.45, 7) is 0. The van der Waals surface area contributed by atoms with Gasteiger partial charge < -0.3 is 0 Å². The van der Waals surface area contributed by atoms with Gasteiger partial charge in [0, 0.05) is 27.7 Å². The third-order valence-electron chi connectivity index (χ3n) is 3.22. The monoisotopic (exact) mass is 262 g/mol. The van der Waals surface area contributed by atoms with Crippen molar-refractivity contribution in [1.82, 2.24) is 0 Å². The van der Waals surface area contributed by atoms with Crippen LogP contribution >= 0.6 is 23.5 Å². The quantitative estimate of drug-likeness (QED) is 0.774. The summed E-state index contributed by atoms with van der Waals surface area (Å²) in [4.78, 5) is 12.0. The zero-order valence-corrected chi connectivity index (χ0v) is 11.1. The van der Waals surface area contributed by atoms with E-state index in [1.807, 2.05) is 35.7 Å². The Morgan fingerprint density at radius 2 is 1.88 bits per heavy atom. The Hall–Kier alpha value is -0.670. The Bertz CT molecular complexity index is 445. The zero-order chi connectivity index (χ0) is 11.7. The Morgan fingerprint density at radius 3 is 2.59 bits per heavy atom. The number of thioether (sulfide) groups is 2. The van der Waals surface area contributed by atoms with Gasteiger partial charge in [-0.3, -0.25) is 4.79 Å². The van der Waals surface area contributed by atoms with E-state index in [-0.39, 0.29) is 5.92 Å². The van der Waals surface area contributed by atoms with E-state index in [2.05, 4.69) is 24.3 Å². The van der Waals surface area contributed by atoms with E-state index in [4.69, 9.17) is 0 Å². The molecule has 0 unspecified atom stereocenters. The molecule has 1 aromatic carbocycles. The maximum atomic E-state index is 12.0. The molecule has 0 N–H and O–H groups in total. The van der Waals surface area contributed by atoms with Crippen LogP contribution in [0.3, 0.4) is 0 Å². The highest BCUT2D eigenvalue weighted by Gasteiger charge is 2.42. The minimum absolute atomic E-state index is 0.242. The van der Waals surface area contributed by atoms with E-state index >= 15 is 0 Å². The van der Waals surface area contributed by atoms with Gasteiger partial charge in [0.05, 0.1) is 0 Å². The molecule has 2 atom stereocenters. The molecule has 0 radical (unpaired) electrons. The van der Waals surface area contributed by atoms with Crippen LogP contribution in [0.5, 0.6) is 0 Å². The molecule has 1 saturated carbocycles. The van der Waals surface area contributed by atoms with E-state index in [0.29, 0.717) is 11.7 Å². The molecule has 0 amide bonds. The Kier molecular flexibility index (Phi) is 3.30. The van der Waals surface area contributed by atoms with E-state index in [1.165, 1.54) is 9.80 Å². The molecule has 1 aliphatic carbocycles. The number of carbonyl (C=O) groups is 1. The van der Waals surface area contributed by atoms with Crippen LogP contribution in [0.4, 0.5) is 0 Å². The molecule has 2 aliphatic rings. The zero-order valence-electron chi connectivity index (χ0n) is 9.46. The normalized spacial score (nSPS) is 26.9. The van der Waals surface area contributed by atoms with Crippen molar-refractivity contribution in [3.05, 3.63) is 46.2 Å². The van der Waals surface area contributed by atoms with Crippen molar-refractivity contribution in [2.75, 3.05) is 11.5 Å². The number of benzene rings is 1. The minimum atomic E-state index is 0.242. The summed E-state index contributed by atoms with van der Waals surface area (Å²) in [5.41, 5.74) is 1.32. The molecule has 1 nitrogen and oxygen atoms in total. The summed E-state index contributed by atoms with van der Waals surface area (Å²) in [6, 6.07) is 10.4. The fraction of sp³-hybridized carbons (Fsp3) is 0.357. The van der Waals surface area contributed by atoms with Gasteiger partial charge in [-0.1, -0.05) is 30.3 Å². The number of hydrogen-bond acceptors (Lipinski definition) is 3. The van der Waals surface area contributed by atoms with Gasteiger partial charge in [-0.05, 0) is 17.9 Å². The van der Waals surface area contributed by atoms with Crippen LogP contribution in [0.1, 0.15) is 17.9 Å². The standard InChI is InChI=1S/C14H14OS2/c15-13(9-14-16-6-7-17-14)12-8-11(12)10-4-2-1-3-5-10/h1-5,9,11-12H,6-8H2/t11-,12+/m0/s1. The van der Waals surface area contributed by atoms with Gasteiger partial charge in [-0.2, -0.15) is 0 Å². The molecular weight excluding hydrogens is 248 g/mol. The van der Waals surface area contributed by atoms with Gasteiger partial charge in [-0.15, -0.1) is 23.5 Å². The first-order valence-corrected chi connectivity index (χ1v) is 7.88. The van der Waals surface area contributed by atoms with Crippen LogP contribution in [-0.4, -0.2) is 17.3 Å². The molecule has 88 valence electrons. The first-order chi connectivity index (χ1) is 8.34. The second-order valence-corrected chi connectivity index (χ2v) is 6.95. The average Bonchev–Trinajstić information content (AvgIpc) is 3.02. The fourth-order valence-corrected chi connectivity index (χ4v) is 4.51. The largest absolute Gasteiger partial charge is 0.294 e. The van der Waals surface area contributed by atoms with Gasteiger partial charge in [0.15, 0.2) is 5.78 Å². The van der Waals surface area contributed by atoms with Crippen molar-refractivity contribution in [2.24, 2.45) is 5.92 Å². The lowest BCUT2D eigenvalue weighted by Gasteiger charge is -1.98. The Balaban J connectivity index is 1.65. The van der Waals surface area contributed by atoms with E-state index in [1.54, 1.807) is 0 Å². The van der Waals surface area contributed by atoms with Crippen molar-refractivity contribution in [2.45, 2.75) is 12.3 Å². The molecule has 3 heteroatoms. The van der Waals surface area contributed by atoms with Crippen LogP contribution in [0.25, 0.3) is 0 Å². The molecule has 0 spiro atoms. The topological polar surface area (TPSA) is 17.1 Å². The predicted molar refractivity (Wildman–Crippen MR) is 75.3 cm³/mol. The number of ketones is 1. The van der Waals surface area contributed by atoms with Gasteiger partial charge in [-0.25, -0.2) is 0 Å². The minimum Gasteiger partial charge on any atom is -0.294 e. The molecule has 3 rings (SSSR count). The van der Waals surface area contributed by atoms with E-state index in [0.717, 1.165) is 17.9 Å². The SMILES string of the molecule is O=C(C=C1SCCS1)[C@@H]1C[C@H]1c1ccccc1. The van der Waals surface area contributed by atoms with Gasteiger partial charge in [0.2, 0.25) is 0 Å². The Morgan fingerprint density at radius 1 is 1.18 bits per heavy atom. The fourth-order valence-electron chi connectivity index (χ4n) is 2.21. The van der Waals surface area contributed by atoms with Crippen LogP contribution in [0, 0.1) is 5.92 Å². The van der Waals surface area contributed by atoms with Crippen molar-refractivity contribution in [3.8, 4) is 0 Å². The summed E-state index contributed by atoms with van der Waals surface area (Å²) in [5, 5.41) is 0. The summed E-state index contributed by atoms with van der Waals surface area (Å²) < 4.78 is 1.22. The van der Waals surface area contributed by atoms with E-state index < -0.39 is 0 Å². The smallest absolute Gasteiger partial charge is 0.161 e. The summed E-state index contributed by atoms with van der Waals surface area (Å²) in [7, 11) is 0. The van der Waals surface area contributed by atoms with Gasteiger partial charge in [0.1, 0.15) is 0 Å². The number of allylic oxidation sites excluding steroid dienone is 1. The highest BCUT2D eigenvalue weighted by molar-refractivity contribution is 8.25. The summed E-state index contributed by atoms with van der Waals surface area (Å²) >= 11 is 3.63. The highest BCUT2D eigenvalue weighted by atomic mass is 32.2. The molecular formula is C14H14OS2. The lowest BCUT2D eigenvalue weighted by atomic mass is 10.1. The molecule has 1 aromatic rings. The first-order valence-electron chi connectivity index (χ1n) is 5.90. The lowest BCUT2D eigenvalue weighted by Crippen LogP contribution is -1.97. The molecule has 17 heavy (non-hydrogen) atoms. The maximum absolute atomic E-state index is 12.0. The molecule has 2 fully saturated rings. The summed E-state index contributed by atoms with van der Waals surface area (Å²) in [5.74, 6) is 3.34.